The molecule has 0 fully saturated rings. The third-order valence-corrected chi connectivity index (χ3v) is 5.48. The van der Waals surface area contributed by atoms with Crippen molar-refractivity contribution in [2.24, 2.45) is 0 Å². The predicted molar refractivity (Wildman–Crippen MR) is 117 cm³/mol. The molecule has 0 saturated carbocycles. The van der Waals surface area contributed by atoms with Gasteiger partial charge in [0.25, 0.3) is 11.5 Å². The maximum Gasteiger partial charge on any atom is 0.312 e. The van der Waals surface area contributed by atoms with Gasteiger partial charge in [-0.25, -0.2) is 9.37 Å². The second-order valence-electron chi connectivity index (χ2n) is 8.10. The van der Waals surface area contributed by atoms with Gasteiger partial charge in [0.2, 0.25) is 5.75 Å². The van der Waals surface area contributed by atoms with Gasteiger partial charge in [-0.2, -0.15) is 0 Å². The van der Waals surface area contributed by atoms with Gasteiger partial charge in [-0.15, -0.1) is 0 Å². The van der Waals surface area contributed by atoms with Gasteiger partial charge >= 0.3 is 11.8 Å². The molecule has 0 bridgehead atoms. The lowest BCUT2D eigenvalue weighted by atomic mass is 10.1. The zero-order valence-corrected chi connectivity index (χ0v) is 19.3. The number of benzene rings is 1. The highest BCUT2D eigenvalue weighted by Gasteiger charge is 2.34. The van der Waals surface area contributed by atoms with Crippen LogP contribution in [0.1, 0.15) is 33.5 Å². The van der Waals surface area contributed by atoms with E-state index in [1.165, 1.54) is 33.3 Å². The Morgan fingerprint density at radius 1 is 1.26 bits per heavy atom. The Morgan fingerprint density at radius 3 is 2.62 bits per heavy atom. The number of carbonyl (C=O) groups is 3. The highest BCUT2D eigenvalue weighted by atomic mass is 19.1. The SMILES string of the molecule is Cc1cc(CNC(=O)c2nc3n(c(=O)c2O)CCOC[C@@H]3N(C)C(=O)C(=O)N(C)C)ccc1F. The third kappa shape index (κ3) is 4.91. The van der Waals surface area contributed by atoms with Crippen molar-refractivity contribution >= 4 is 17.7 Å². The lowest BCUT2D eigenvalue weighted by Gasteiger charge is -2.28. The maximum atomic E-state index is 13.5. The molecule has 0 spiro atoms. The number of hydrogen-bond acceptors (Lipinski definition) is 7. The Morgan fingerprint density at radius 2 is 1.97 bits per heavy atom. The molecule has 1 atom stereocenters. The smallest absolute Gasteiger partial charge is 0.312 e. The number of ether oxygens (including phenoxy) is 1. The molecule has 2 N–H and O–H groups in total. The van der Waals surface area contributed by atoms with E-state index in [2.05, 4.69) is 10.3 Å². The van der Waals surface area contributed by atoms with Gasteiger partial charge in [-0.3, -0.25) is 23.7 Å². The molecular weight excluding hydrogens is 449 g/mol. The Balaban J connectivity index is 1.95. The largest absolute Gasteiger partial charge is 0.501 e. The second kappa shape index (κ2) is 10.00. The van der Waals surface area contributed by atoms with Crippen LogP contribution in [0.3, 0.4) is 0 Å². The zero-order chi connectivity index (χ0) is 25.2. The summed E-state index contributed by atoms with van der Waals surface area (Å²) in [5.74, 6) is -3.70. The molecule has 2 aromatic rings. The summed E-state index contributed by atoms with van der Waals surface area (Å²) in [7, 11) is 4.22. The van der Waals surface area contributed by atoms with Crippen LogP contribution in [0.15, 0.2) is 23.0 Å². The topological polar surface area (TPSA) is 134 Å². The zero-order valence-electron chi connectivity index (χ0n) is 19.3. The average molecular weight is 475 g/mol. The van der Waals surface area contributed by atoms with Crippen molar-refractivity contribution < 1.29 is 28.6 Å². The van der Waals surface area contributed by atoms with Crippen LogP contribution in [0, 0.1) is 12.7 Å². The van der Waals surface area contributed by atoms with Gasteiger partial charge in [-0.1, -0.05) is 12.1 Å². The number of amides is 3. The van der Waals surface area contributed by atoms with Gasteiger partial charge < -0.3 is 25.0 Å². The van der Waals surface area contributed by atoms with Crippen LogP contribution in [-0.2, 0) is 27.4 Å². The fraction of sp³-hybridized carbons (Fsp3) is 0.409. The van der Waals surface area contributed by atoms with Crippen LogP contribution in [0.25, 0.3) is 0 Å². The number of rotatable bonds is 4. The third-order valence-electron chi connectivity index (χ3n) is 5.48. The lowest BCUT2D eigenvalue weighted by Crippen LogP contribution is -2.44. The van der Waals surface area contributed by atoms with Gasteiger partial charge in [0.15, 0.2) is 5.69 Å². The van der Waals surface area contributed by atoms with Crippen LogP contribution in [-0.4, -0.2) is 76.5 Å². The number of nitrogens with one attached hydrogen (secondary N) is 1. The van der Waals surface area contributed by atoms with Gasteiger partial charge in [-0.05, 0) is 24.1 Å². The molecule has 1 aromatic carbocycles. The molecule has 12 heteroatoms. The first-order valence-electron chi connectivity index (χ1n) is 10.5. The first kappa shape index (κ1) is 24.8. The highest BCUT2D eigenvalue weighted by Crippen LogP contribution is 2.23. The van der Waals surface area contributed by atoms with Crippen LogP contribution in [0.4, 0.5) is 4.39 Å². The van der Waals surface area contributed by atoms with Crippen molar-refractivity contribution in [3.63, 3.8) is 0 Å². The Hall–Kier alpha value is -3.80. The fourth-order valence-corrected chi connectivity index (χ4v) is 3.47. The first-order valence-corrected chi connectivity index (χ1v) is 10.5. The molecule has 2 heterocycles. The summed E-state index contributed by atoms with van der Waals surface area (Å²) >= 11 is 0. The summed E-state index contributed by atoms with van der Waals surface area (Å²) in [5, 5.41) is 12.9. The van der Waals surface area contributed by atoms with E-state index < -0.39 is 40.8 Å². The van der Waals surface area contributed by atoms with E-state index in [4.69, 9.17) is 4.74 Å². The molecule has 11 nitrogen and oxygen atoms in total. The van der Waals surface area contributed by atoms with Crippen molar-refractivity contribution in [3.05, 3.63) is 57.0 Å². The highest BCUT2D eigenvalue weighted by molar-refractivity contribution is 6.34. The number of carbonyl (C=O) groups excluding carboxylic acids is 3. The van der Waals surface area contributed by atoms with Crippen molar-refractivity contribution in [1.29, 1.82) is 0 Å². The van der Waals surface area contributed by atoms with Crippen molar-refractivity contribution in [2.45, 2.75) is 26.1 Å². The molecule has 0 unspecified atom stereocenters. The molecule has 3 rings (SSSR count). The van der Waals surface area contributed by atoms with Gasteiger partial charge in [0, 0.05) is 27.7 Å². The van der Waals surface area contributed by atoms with Crippen LogP contribution in [0.5, 0.6) is 5.75 Å². The summed E-state index contributed by atoms with van der Waals surface area (Å²) in [5.41, 5.74) is -0.388. The number of aryl methyl sites for hydroxylation is 1. The number of nitrogens with zero attached hydrogens (tertiary/aromatic N) is 4. The number of hydrogen-bond donors (Lipinski definition) is 2. The Kier molecular flexibility index (Phi) is 7.30. The minimum absolute atomic E-state index is 0.00174. The summed E-state index contributed by atoms with van der Waals surface area (Å²) < 4.78 is 20.1. The summed E-state index contributed by atoms with van der Waals surface area (Å²) in [4.78, 5) is 56.8. The standard InChI is InChI=1S/C22H26FN5O6/c1-12-9-13(5-6-14(12)23)10-24-19(30)16-17(29)20(31)28-7-8-34-11-15(18(28)25-16)27(4)22(33)21(32)26(2)3/h5-6,9,15,29H,7-8,10-11H2,1-4H3,(H,24,30)/t15-/m0/s1. The fourth-order valence-electron chi connectivity index (χ4n) is 3.47. The van der Waals surface area contributed by atoms with E-state index in [0.717, 1.165) is 14.4 Å². The van der Waals surface area contributed by atoms with E-state index >= 15 is 0 Å². The molecule has 0 saturated heterocycles. The monoisotopic (exact) mass is 475 g/mol. The Labute approximate surface area is 194 Å². The van der Waals surface area contributed by atoms with E-state index in [-0.39, 0.29) is 37.9 Å². The van der Waals surface area contributed by atoms with Crippen molar-refractivity contribution in [1.82, 2.24) is 24.7 Å². The second-order valence-corrected chi connectivity index (χ2v) is 8.10. The quantitative estimate of drug-likeness (QED) is 0.592. The molecule has 182 valence electrons. The first-order chi connectivity index (χ1) is 16.0. The molecular formula is C22H26FN5O6. The summed E-state index contributed by atoms with van der Waals surface area (Å²) in [6, 6.07) is 3.37. The van der Waals surface area contributed by atoms with Crippen LogP contribution < -0.4 is 10.9 Å². The van der Waals surface area contributed by atoms with Crippen LogP contribution >= 0.6 is 0 Å². The maximum absolute atomic E-state index is 13.5. The molecule has 1 aliphatic rings. The van der Waals surface area contributed by atoms with E-state index in [9.17, 15) is 28.7 Å². The number of fused-ring (bicyclic) bond motifs is 1. The molecule has 1 aliphatic heterocycles. The molecule has 0 radical (unpaired) electrons. The average Bonchev–Trinajstić information content (AvgIpc) is 3.02. The van der Waals surface area contributed by atoms with Crippen LogP contribution in [0.2, 0.25) is 0 Å². The molecule has 0 aliphatic carbocycles. The van der Waals surface area contributed by atoms with E-state index in [1.807, 2.05) is 0 Å². The number of halogens is 1. The molecule has 34 heavy (non-hydrogen) atoms. The van der Waals surface area contributed by atoms with Gasteiger partial charge in [0.1, 0.15) is 17.7 Å². The van der Waals surface area contributed by atoms with E-state index in [0.29, 0.717) is 11.1 Å². The van der Waals surface area contributed by atoms with Gasteiger partial charge in [0.05, 0.1) is 19.8 Å². The lowest BCUT2D eigenvalue weighted by molar-refractivity contribution is -0.151. The molecule has 1 aromatic heterocycles. The molecule has 3 amide bonds. The number of aromatic nitrogens is 2. The minimum Gasteiger partial charge on any atom is -0.501 e. The predicted octanol–water partition coefficient (Wildman–Crippen LogP) is -0.0557. The van der Waals surface area contributed by atoms with Crippen molar-refractivity contribution in [3.8, 4) is 5.75 Å². The number of likely N-dealkylation sites (N-methyl/N-ethyl adjacent to an activating group) is 2. The minimum atomic E-state index is -0.960. The number of aromatic hydroxyl groups is 1. The van der Waals surface area contributed by atoms with Crippen molar-refractivity contribution in [2.75, 3.05) is 34.4 Å². The van der Waals surface area contributed by atoms with E-state index in [1.54, 1.807) is 13.0 Å². The summed E-state index contributed by atoms with van der Waals surface area (Å²) in [6.45, 7) is 1.65. The summed E-state index contributed by atoms with van der Waals surface area (Å²) in [6.07, 6.45) is 0. The Bertz CT molecular complexity index is 1200. The normalized spacial score (nSPS) is 15.1.